The molecule has 1 heterocycles. The number of nitrogens with one attached hydrogen (secondary N) is 1. The number of nitrogens with zero attached hydrogens (tertiary/aromatic N) is 1. The van der Waals surface area contributed by atoms with Crippen LogP contribution in [0.3, 0.4) is 0 Å². The lowest BCUT2D eigenvalue weighted by Crippen LogP contribution is -2.29. The standard InChI is InChI=1S/C19H15ClF2N2O2/c20-17-3-1-2-16-13(9-23-19(16)17)4-5-18(26)24(11-25)10-12-6-14(21)8-15(22)7-12/h1-3,6-9,11,23H,4-5,10H2. The van der Waals surface area contributed by atoms with Gasteiger partial charge < -0.3 is 4.98 Å². The van der Waals surface area contributed by atoms with Crippen molar-refractivity contribution in [2.24, 2.45) is 0 Å². The molecule has 2 aromatic carbocycles. The zero-order valence-electron chi connectivity index (χ0n) is 13.6. The van der Waals surface area contributed by atoms with E-state index in [0.717, 1.165) is 39.6 Å². The Labute approximate surface area is 153 Å². The number of hydrogen-bond donors (Lipinski definition) is 1. The summed E-state index contributed by atoms with van der Waals surface area (Å²) in [4.78, 5) is 27.5. The first-order chi connectivity index (χ1) is 12.5. The first-order valence-electron chi connectivity index (χ1n) is 7.92. The molecule has 0 saturated carbocycles. The number of fused-ring (bicyclic) bond motifs is 1. The Morgan fingerprint density at radius 2 is 1.92 bits per heavy atom. The zero-order chi connectivity index (χ0) is 18.7. The van der Waals surface area contributed by atoms with E-state index in [4.69, 9.17) is 11.6 Å². The average Bonchev–Trinajstić information content (AvgIpc) is 3.01. The maximum atomic E-state index is 13.3. The van der Waals surface area contributed by atoms with Crippen LogP contribution in [-0.4, -0.2) is 22.2 Å². The Hall–Kier alpha value is -2.73. The lowest BCUT2D eigenvalue weighted by molar-refractivity contribution is -0.138. The predicted octanol–water partition coefficient (Wildman–Crippen LogP) is 4.22. The molecule has 0 aliphatic rings. The van der Waals surface area contributed by atoms with E-state index in [1.807, 2.05) is 12.1 Å². The summed E-state index contributed by atoms with van der Waals surface area (Å²) in [6, 6.07) is 8.40. The van der Waals surface area contributed by atoms with Gasteiger partial charge in [0.2, 0.25) is 12.3 Å². The lowest BCUT2D eigenvalue weighted by Gasteiger charge is -2.15. The molecule has 0 saturated heterocycles. The number of carbonyl (C=O) groups excluding carboxylic acids is 2. The summed E-state index contributed by atoms with van der Waals surface area (Å²) < 4.78 is 26.5. The van der Waals surface area contributed by atoms with Gasteiger partial charge in [0, 0.05) is 24.1 Å². The van der Waals surface area contributed by atoms with Crippen molar-refractivity contribution in [3.05, 3.63) is 70.4 Å². The van der Waals surface area contributed by atoms with Crippen LogP contribution in [0.1, 0.15) is 17.5 Å². The van der Waals surface area contributed by atoms with Gasteiger partial charge in [-0.15, -0.1) is 0 Å². The van der Waals surface area contributed by atoms with Gasteiger partial charge in [0.05, 0.1) is 17.1 Å². The second-order valence-corrected chi connectivity index (χ2v) is 6.29. The Morgan fingerprint density at radius 1 is 1.19 bits per heavy atom. The van der Waals surface area contributed by atoms with Crippen molar-refractivity contribution in [2.45, 2.75) is 19.4 Å². The van der Waals surface area contributed by atoms with Crippen molar-refractivity contribution in [1.82, 2.24) is 9.88 Å². The third-order valence-electron chi connectivity index (χ3n) is 4.08. The number of aromatic amines is 1. The molecule has 0 atom stereocenters. The van der Waals surface area contributed by atoms with Crippen LogP contribution in [0.15, 0.2) is 42.6 Å². The van der Waals surface area contributed by atoms with Gasteiger partial charge in [0.1, 0.15) is 11.6 Å². The molecule has 0 radical (unpaired) electrons. The Balaban J connectivity index is 1.69. The van der Waals surface area contributed by atoms with Crippen molar-refractivity contribution in [1.29, 1.82) is 0 Å². The van der Waals surface area contributed by atoms with Gasteiger partial charge in [-0.2, -0.15) is 0 Å². The third kappa shape index (κ3) is 3.91. The number of carbonyl (C=O) groups is 2. The van der Waals surface area contributed by atoms with Gasteiger partial charge in [0.15, 0.2) is 0 Å². The van der Waals surface area contributed by atoms with E-state index in [-0.39, 0.29) is 18.5 Å². The Kier molecular flexibility index (Phi) is 5.32. The highest BCUT2D eigenvalue weighted by atomic mass is 35.5. The number of H-pyrrole nitrogens is 1. The number of aromatic nitrogens is 1. The average molecular weight is 377 g/mol. The SMILES string of the molecule is O=CN(Cc1cc(F)cc(F)c1)C(=O)CCc1c[nH]c2c(Cl)cccc12. The smallest absolute Gasteiger partial charge is 0.229 e. The van der Waals surface area contributed by atoms with Crippen LogP contribution >= 0.6 is 11.6 Å². The number of amides is 2. The molecule has 3 rings (SSSR count). The number of rotatable bonds is 6. The van der Waals surface area contributed by atoms with Gasteiger partial charge in [-0.3, -0.25) is 14.5 Å². The minimum Gasteiger partial charge on any atom is -0.360 e. The molecular formula is C19H15ClF2N2O2. The van der Waals surface area contributed by atoms with Crippen LogP contribution in [0, 0.1) is 11.6 Å². The summed E-state index contributed by atoms with van der Waals surface area (Å²) in [5, 5.41) is 1.50. The van der Waals surface area contributed by atoms with Crippen molar-refractivity contribution in [3.8, 4) is 0 Å². The topological polar surface area (TPSA) is 53.2 Å². The second kappa shape index (κ2) is 7.66. The number of aryl methyl sites for hydroxylation is 1. The monoisotopic (exact) mass is 376 g/mol. The molecule has 0 bridgehead atoms. The molecule has 134 valence electrons. The van der Waals surface area contributed by atoms with E-state index < -0.39 is 17.5 Å². The fourth-order valence-electron chi connectivity index (χ4n) is 2.85. The van der Waals surface area contributed by atoms with Crippen molar-refractivity contribution < 1.29 is 18.4 Å². The first-order valence-corrected chi connectivity index (χ1v) is 8.30. The first kappa shape index (κ1) is 18.1. The van der Waals surface area contributed by atoms with Gasteiger partial charge in [-0.25, -0.2) is 8.78 Å². The Bertz CT molecular complexity index is 951. The van der Waals surface area contributed by atoms with Crippen LogP contribution < -0.4 is 0 Å². The van der Waals surface area contributed by atoms with Crippen LogP contribution in [0.25, 0.3) is 10.9 Å². The summed E-state index contributed by atoms with van der Waals surface area (Å²) >= 11 is 6.11. The second-order valence-electron chi connectivity index (χ2n) is 5.88. The highest BCUT2D eigenvalue weighted by Gasteiger charge is 2.15. The van der Waals surface area contributed by atoms with Crippen LogP contribution in [0.4, 0.5) is 8.78 Å². The molecule has 2 amide bonds. The molecule has 0 fully saturated rings. The number of halogens is 3. The van der Waals surface area contributed by atoms with E-state index in [0.29, 0.717) is 17.9 Å². The highest BCUT2D eigenvalue weighted by molar-refractivity contribution is 6.35. The maximum absolute atomic E-state index is 13.3. The summed E-state index contributed by atoms with van der Waals surface area (Å²) in [5.74, 6) is -1.94. The molecule has 1 aromatic heterocycles. The molecule has 0 unspecified atom stereocenters. The summed E-state index contributed by atoms with van der Waals surface area (Å²) in [6.07, 6.45) is 2.63. The van der Waals surface area contributed by atoms with E-state index >= 15 is 0 Å². The van der Waals surface area contributed by atoms with E-state index in [1.165, 1.54) is 0 Å². The van der Waals surface area contributed by atoms with Crippen LogP contribution in [0.5, 0.6) is 0 Å². The largest absolute Gasteiger partial charge is 0.360 e. The van der Waals surface area contributed by atoms with E-state index in [9.17, 15) is 18.4 Å². The van der Waals surface area contributed by atoms with Crippen molar-refractivity contribution in [2.75, 3.05) is 0 Å². The van der Waals surface area contributed by atoms with Crippen LogP contribution in [-0.2, 0) is 22.6 Å². The summed E-state index contributed by atoms with van der Waals surface area (Å²) in [7, 11) is 0. The molecular weight excluding hydrogens is 362 g/mol. The summed E-state index contributed by atoms with van der Waals surface area (Å²) in [6.45, 7) is -0.184. The van der Waals surface area contributed by atoms with Crippen molar-refractivity contribution in [3.63, 3.8) is 0 Å². The number of hydrogen-bond acceptors (Lipinski definition) is 2. The Morgan fingerprint density at radius 3 is 2.62 bits per heavy atom. The quantitative estimate of drug-likeness (QED) is 0.655. The number of imide groups is 1. The molecule has 0 aliphatic heterocycles. The van der Waals surface area contributed by atoms with E-state index in [2.05, 4.69) is 4.98 Å². The molecule has 3 aromatic rings. The fourth-order valence-corrected chi connectivity index (χ4v) is 3.08. The number of para-hydroxylation sites is 1. The maximum Gasteiger partial charge on any atom is 0.229 e. The highest BCUT2D eigenvalue weighted by Crippen LogP contribution is 2.26. The zero-order valence-corrected chi connectivity index (χ0v) is 14.4. The fraction of sp³-hybridized carbons (Fsp3) is 0.158. The van der Waals surface area contributed by atoms with Gasteiger partial charge in [-0.1, -0.05) is 23.7 Å². The van der Waals surface area contributed by atoms with Crippen LogP contribution in [0.2, 0.25) is 5.02 Å². The lowest BCUT2D eigenvalue weighted by atomic mass is 10.1. The molecule has 7 heteroatoms. The van der Waals surface area contributed by atoms with Gasteiger partial charge >= 0.3 is 0 Å². The predicted molar refractivity (Wildman–Crippen MR) is 94.6 cm³/mol. The summed E-state index contributed by atoms with van der Waals surface area (Å²) in [5.41, 5.74) is 1.90. The van der Waals surface area contributed by atoms with Gasteiger partial charge in [0.25, 0.3) is 0 Å². The number of benzene rings is 2. The normalized spacial score (nSPS) is 10.9. The van der Waals surface area contributed by atoms with Crippen molar-refractivity contribution >= 4 is 34.8 Å². The van der Waals surface area contributed by atoms with Gasteiger partial charge in [-0.05, 0) is 35.7 Å². The van der Waals surface area contributed by atoms with E-state index in [1.54, 1.807) is 12.3 Å². The molecule has 26 heavy (non-hydrogen) atoms. The minimum absolute atomic E-state index is 0.0794. The molecule has 0 aliphatic carbocycles. The minimum atomic E-state index is -0.756. The molecule has 4 nitrogen and oxygen atoms in total. The molecule has 1 N–H and O–H groups in total. The third-order valence-corrected chi connectivity index (χ3v) is 4.40. The molecule has 0 spiro atoms.